The molecule has 0 rings (SSSR count). The standard InChI is InChI=1S/C64H131N2O6P/c1-6-8-10-12-14-16-18-20-22-24-26-28-30-31-32-33-34-35-36-38-40-42-44-46-48-50-52-54-56-58-64(68)65-62(61-72-73(69,70)71-60-59-66(3,4)5)63(67)57-55-53-51-49-47-45-43-41-39-37-29-27-25-23-21-19-17-15-13-11-9-7-2/h62-63,67H,6-61H2,1-5H3,(H-,65,68,69,70). The Bertz CT molecular complexity index is 1150. The summed E-state index contributed by atoms with van der Waals surface area (Å²) < 4.78 is 23.5. The Morgan fingerprint density at radius 1 is 0.425 bits per heavy atom. The Labute approximate surface area is 457 Å². The largest absolute Gasteiger partial charge is 0.756 e. The van der Waals surface area contributed by atoms with E-state index in [-0.39, 0.29) is 19.1 Å². The molecular weight excluding hydrogens is 924 g/mol. The number of quaternary nitrogens is 1. The molecule has 3 atom stereocenters. The predicted octanol–water partition coefficient (Wildman–Crippen LogP) is 19.8. The molecular formula is C64H131N2O6P. The van der Waals surface area contributed by atoms with Crippen LogP contribution in [0.3, 0.4) is 0 Å². The van der Waals surface area contributed by atoms with Crippen LogP contribution in [0.4, 0.5) is 0 Å². The number of nitrogens with zero attached hydrogens (tertiary/aromatic N) is 1. The summed E-state index contributed by atoms with van der Waals surface area (Å²) in [6.45, 7) is 4.79. The molecule has 1 amide bonds. The fourth-order valence-electron chi connectivity index (χ4n) is 10.5. The molecule has 0 aromatic carbocycles. The molecule has 2 N–H and O–H groups in total. The van der Waals surface area contributed by atoms with E-state index in [1.807, 2.05) is 21.1 Å². The number of nitrogens with one attached hydrogen (secondary N) is 1. The fraction of sp³-hybridized carbons (Fsp3) is 0.984. The van der Waals surface area contributed by atoms with Crippen molar-refractivity contribution in [2.24, 2.45) is 0 Å². The molecule has 0 heterocycles. The lowest BCUT2D eigenvalue weighted by atomic mass is 10.0. The van der Waals surface area contributed by atoms with Gasteiger partial charge in [0.05, 0.1) is 39.9 Å². The normalized spacial score (nSPS) is 13.7. The van der Waals surface area contributed by atoms with Gasteiger partial charge < -0.3 is 28.8 Å². The maximum absolute atomic E-state index is 13.0. The Kier molecular flexibility index (Phi) is 55.8. The first-order chi connectivity index (χ1) is 35.5. The summed E-state index contributed by atoms with van der Waals surface area (Å²) >= 11 is 0. The number of carbonyl (C=O) groups excluding carboxylic acids is 1. The minimum atomic E-state index is -4.57. The van der Waals surface area contributed by atoms with Crippen LogP contribution in [-0.2, 0) is 18.4 Å². The first kappa shape index (κ1) is 72.5. The smallest absolute Gasteiger partial charge is 0.268 e. The van der Waals surface area contributed by atoms with Gasteiger partial charge in [-0.15, -0.1) is 0 Å². The van der Waals surface area contributed by atoms with Crippen molar-refractivity contribution in [1.29, 1.82) is 0 Å². The van der Waals surface area contributed by atoms with Crippen LogP contribution < -0.4 is 10.2 Å². The number of amides is 1. The van der Waals surface area contributed by atoms with Crippen LogP contribution in [0.1, 0.15) is 354 Å². The lowest BCUT2D eigenvalue weighted by Gasteiger charge is -2.30. The molecule has 9 heteroatoms. The van der Waals surface area contributed by atoms with Crippen molar-refractivity contribution in [3.63, 3.8) is 0 Å². The highest BCUT2D eigenvalue weighted by molar-refractivity contribution is 7.45. The van der Waals surface area contributed by atoms with E-state index in [2.05, 4.69) is 19.2 Å². The number of unbranched alkanes of at least 4 members (excludes halogenated alkanes) is 49. The highest BCUT2D eigenvalue weighted by Crippen LogP contribution is 2.38. The second kappa shape index (κ2) is 56.2. The number of aliphatic hydroxyl groups is 1. The van der Waals surface area contributed by atoms with Gasteiger partial charge >= 0.3 is 0 Å². The van der Waals surface area contributed by atoms with Gasteiger partial charge in [-0.3, -0.25) is 9.36 Å². The summed E-state index contributed by atoms with van der Waals surface area (Å²) in [7, 11) is 1.33. The minimum Gasteiger partial charge on any atom is -0.756 e. The summed E-state index contributed by atoms with van der Waals surface area (Å²) in [6.07, 6.45) is 68.8. The maximum atomic E-state index is 13.0. The number of phosphoric acid groups is 1. The lowest BCUT2D eigenvalue weighted by molar-refractivity contribution is -0.870. The van der Waals surface area contributed by atoms with E-state index in [1.165, 1.54) is 289 Å². The number of phosphoric ester groups is 1. The van der Waals surface area contributed by atoms with Crippen molar-refractivity contribution in [3.05, 3.63) is 0 Å². The average molecular weight is 1060 g/mol. The quantitative estimate of drug-likeness (QED) is 0.0357. The van der Waals surface area contributed by atoms with Gasteiger partial charge in [-0.05, 0) is 12.8 Å². The molecule has 0 fully saturated rings. The summed E-state index contributed by atoms with van der Waals surface area (Å²) in [5, 5.41) is 14.1. The molecule has 0 bridgehead atoms. The van der Waals surface area contributed by atoms with Crippen LogP contribution in [-0.4, -0.2) is 68.5 Å². The number of hydrogen-bond donors (Lipinski definition) is 2. The van der Waals surface area contributed by atoms with Crippen LogP contribution >= 0.6 is 7.82 Å². The molecule has 0 aromatic heterocycles. The van der Waals surface area contributed by atoms with Gasteiger partial charge in [0.15, 0.2) is 0 Å². The molecule has 0 spiro atoms. The van der Waals surface area contributed by atoms with Crippen LogP contribution in [0.15, 0.2) is 0 Å². The molecule has 0 radical (unpaired) electrons. The van der Waals surface area contributed by atoms with E-state index in [0.29, 0.717) is 23.9 Å². The summed E-state index contributed by atoms with van der Waals surface area (Å²) in [4.78, 5) is 25.6. The molecule has 0 aliphatic carbocycles. The second-order valence-corrected chi connectivity index (χ2v) is 25.6. The molecule has 3 unspecified atom stereocenters. The molecule has 0 aliphatic rings. The number of hydrogen-bond acceptors (Lipinski definition) is 6. The van der Waals surface area contributed by atoms with Crippen molar-refractivity contribution >= 4 is 13.7 Å². The third kappa shape index (κ3) is 59.0. The van der Waals surface area contributed by atoms with Gasteiger partial charge in [0.25, 0.3) is 7.82 Å². The topological polar surface area (TPSA) is 108 Å². The fourth-order valence-corrected chi connectivity index (χ4v) is 11.2. The second-order valence-electron chi connectivity index (χ2n) is 24.2. The van der Waals surface area contributed by atoms with Crippen molar-refractivity contribution in [2.75, 3.05) is 40.9 Å². The van der Waals surface area contributed by atoms with E-state index in [9.17, 15) is 19.4 Å². The van der Waals surface area contributed by atoms with Crippen molar-refractivity contribution < 1.29 is 32.9 Å². The number of rotatable bonds is 62. The predicted molar refractivity (Wildman–Crippen MR) is 316 cm³/mol. The van der Waals surface area contributed by atoms with Crippen LogP contribution in [0, 0.1) is 0 Å². The third-order valence-electron chi connectivity index (χ3n) is 15.6. The van der Waals surface area contributed by atoms with Gasteiger partial charge in [0.2, 0.25) is 5.91 Å². The average Bonchev–Trinajstić information content (AvgIpc) is 3.35. The highest BCUT2D eigenvalue weighted by atomic mass is 31.2. The highest BCUT2D eigenvalue weighted by Gasteiger charge is 2.24. The van der Waals surface area contributed by atoms with Crippen molar-refractivity contribution in [1.82, 2.24) is 5.32 Å². The Balaban J connectivity index is 4.01. The zero-order valence-corrected chi connectivity index (χ0v) is 51.0. The van der Waals surface area contributed by atoms with Gasteiger partial charge in [-0.2, -0.15) is 0 Å². The Morgan fingerprint density at radius 3 is 0.932 bits per heavy atom. The van der Waals surface area contributed by atoms with Crippen LogP contribution in [0.5, 0.6) is 0 Å². The number of aliphatic hydroxyl groups excluding tert-OH is 1. The van der Waals surface area contributed by atoms with E-state index >= 15 is 0 Å². The summed E-state index contributed by atoms with van der Waals surface area (Å²) in [5.41, 5.74) is 0. The van der Waals surface area contributed by atoms with Crippen LogP contribution in [0.2, 0.25) is 0 Å². The molecule has 0 aromatic rings. The molecule has 0 saturated heterocycles. The first-order valence-electron chi connectivity index (χ1n) is 32.9. The van der Waals surface area contributed by atoms with Gasteiger partial charge in [0, 0.05) is 6.42 Å². The summed E-state index contributed by atoms with van der Waals surface area (Å²) in [6, 6.07) is -0.796. The summed E-state index contributed by atoms with van der Waals surface area (Å²) in [5.74, 6) is -0.154. The minimum absolute atomic E-state index is 0.0169. The lowest BCUT2D eigenvalue weighted by Crippen LogP contribution is -2.46. The zero-order valence-electron chi connectivity index (χ0n) is 50.1. The third-order valence-corrected chi connectivity index (χ3v) is 16.6. The molecule has 0 saturated carbocycles. The van der Waals surface area contributed by atoms with Crippen LogP contribution in [0.25, 0.3) is 0 Å². The van der Waals surface area contributed by atoms with Gasteiger partial charge in [-0.25, -0.2) is 0 Å². The SMILES string of the molecule is CCCCCCCCCCCCCCCCCCCCCCCCCCCCCCCC(=O)NC(COP(=O)([O-])OCC[N+](C)(C)C)C(O)CCCCCCCCCCCCCCCCCCCCCCCC. The van der Waals surface area contributed by atoms with Gasteiger partial charge in [0.1, 0.15) is 13.2 Å². The zero-order chi connectivity index (χ0) is 53.5. The Morgan fingerprint density at radius 2 is 0.671 bits per heavy atom. The molecule has 438 valence electrons. The van der Waals surface area contributed by atoms with E-state index in [4.69, 9.17) is 9.05 Å². The van der Waals surface area contributed by atoms with Gasteiger partial charge in [-0.1, -0.05) is 335 Å². The first-order valence-corrected chi connectivity index (χ1v) is 34.3. The number of carbonyl (C=O) groups is 1. The Hall–Kier alpha value is -0.500. The molecule has 8 nitrogen and oxygen atoms in total. The van der Waals surface area contributed by atoms with E-state index < -0.39 is 20.0 Å². The molecule has 73 heavy (non-hydrogen) atoms. The van der Waals surface area contributed by atoms with Crippen molar-refractivity contribution in [2.45, 2.75) is 366 Å². The number of likely N-dealkylation sites (N-methyl/N-ethyl adjacent to an activating group) is 1. The maximum Gasteiger partial charge on any atom is 0.268 e. The van der Waals surface area contributed by atoms with Crippen molar-refractivity contribution in [3.8, 4) is 0 Å². The van der Waals surface area contributed by atoms with E-state index in [1.54, 1.807) is 0 Å². The van der Waals surface area contributed by atoms with E-state index in [0.717, 1.165) is 38.5 Å². The monoisotopic (exact) mass is 1050 g/mol. The molecule has 0 aliphatic heterocycles.